The fourth-order valence-electron chi connectivity index (χ4n) is 8.51. The van der Waals surface area contributed by atoms with Gasteiger partial charge in [0.1, 0.15) is 34.6 Å². The highest BCUT2D eigenvalue weighted by molar-refractivity contribution is 7.15. The lowest BCUT2D eigenvalue weighted by Gasteiger charge is -2.37. The highest BCUT2D eigenvalue weighted by Crippen LogP contribution is 2.40. The normalized spacial score (nSPS) is 17.8. The number of amides is 4. The number of carbonyl (C=O) groups is 4. The first-order valence-electron chi connectivity index (χ1n) is 22.8. The van der Waals surface area contributed by atoms with Crippen LogP contribution in [-0.4, -0.2) is 102 Å². The number of rotatable bonds is 15. The van der Waals surface area contributed by atoms with Gasteiger partial charge >= 0.3 is 0 Å². The fraction of sp³-hybridized carbons (Fsp3) is 0.480. The minimum atomic E-state index is -1.38. The summed E-state index contributed by atoms with van der Waals surface area (Å²) >= 11 is 9.49. The summed E-state index contributed by atoms with van der Waals surface area (Å²) < 4.78 is 8.21. The van der Waals surface area contributed by atoms with Crippen molar-refractivity contribution in [3.8, 4) is 15.4 Å². The first-order chi connectivity index (χ1) is 31.9. The van der Waals surface area contributed by atoms with Gasteiger partial charge in [-0.1, -0.05) is 68.8 Å². The molecule has 2 aromatic carbocycles. The second-order valence-electron chi connectivity index (χ2n) is 20.0. The highest BCUT2D eigenvalue weighted by Gasteiger charge is 2.46. The number of halogens is 1. The summed E-state index contributed by atoms with van der Waals surface area (Å²) in [6.45, 7) is 20.8. The first kappa shape index (κ1) is 50.5. The molecule has 2 aliphatic rings. The smallest absolute Gasteiger partial charge is 0.252 e. The largest absolute Gasteiger partial charge is 0.391 e. The van der Waals surface area contributed by atoms with E-state index in [1.54, 1.807) is 36.5 Å². The van der Waals surface area contributed by atoms with E-state index in [0.717, 1.165) is 54.0 Å². The second kappa shape index (κ2) is 19.9. The summed E-state index contributed by atoms with van der Waals surface area (Å²) in [6.07, 6.45) is -0.483. The number of aliphatic imine (C=N–C) groups is 1. The number of benzene rings is 2. The zero-order valence-electron chi connectivity index (χ0n) is 40.6. The van der Waals surface area contributed by atoms with Gasteiger partial charge in [0.25, 0.3) is 5.91 Å². The summed E-state index contributed by atoms with van der Waals surface area (Å²) in [6, 6.07) is 12.8. The Labute approximate surface area is 411 Å². The second-order valence-corrected chi connectivity index (χ2v) is 22.5. The van der Waals surface area contributed by atoms with Crippen LogP contribution in [0.4, 0.5) is 0 Å². The molecule has 68 heavy (non-hydrogen) atoms. The molecule has 0 aliphatic carbocycles. The van der Waals surface area contributed by atoms with E-state index in [1.165, 1.54) is 4.90 Å². The van der Waals surface area contributed by atoms with Crippen LogP contribution in [0.3, 0.4) is 0 Å². The molecule has 0 spiro atoms. The van der Waals surface area contributed by atoms with Crippen molar-refractivity contribution in [2.75, 3.05) is 13.2 Å². The number of aryl methyl sites for hydroxylation is 3. The highest BCUT2D eigenvalue weighted by atomic mass is 35.5. The Hall–Kier alpha value is -5.33. The number of thiophene rings is 1. The average molecular weight is 985 g/mol. The number of aromatic nitrogens is 4. The van der Waals surface area contributed by atoms with E-state index >= 15 is 0 Å². The Balaban J connectivity index is 0.963. The van der Waals surface area contributed by atoms with E-state index in [1.807, 2.05) is 107 Å². The van der Waals surface area contributed by atoms with Crippen LogP contribution >= 0.6 is 34.3 Å². The van der Waals surface area contributed by atoms with Crippen LogP contribution in [0.1, 0.15) is 118 Å². The lowest BCUT2D eigenvalue weighted by Crippen LogP contribution is -2.60. The lowest BCUT2D eigenvalue weighted by atomic mass is 9.85. The van der Waals surface area contributed by atoms with Gasteiger partial charge in [0.15, 0.2) is 5.82 Å². The number of hydrogen-bond donors (Lipinski definition) is 4. The van der Waals surface area contributed by atoms with Gasteiger partial charge < -0.3 is 30.7 Å². The van der Waals surface area contributed by atoms with E-state index in [9.17, 15) is 24.3 Å². The lowest BCUT2D eigenvalue weighted by molar-refractivity contribution is -0.151. The Bertz CT molecular complexity index is 2720. The van der Waals surface area contributed by atoms with Crippen molar-refractivity contribution in [2.45, 2.75) is 137 Å². The van der Waals surface area contributed by atoms with Crippen LogP contribution in [0, 0.1) is 33.1 Å². The third-order valence-corrected chi connectivity index (χ3v) is 15.1. The molecule has 4 amide bonds. The van der Waals surface area contributed by atoms with Crippen molar-refractivity contribution in [2.24, 2.45) is 10.4 Å². The summed E-state index contributed by atoms with van der Waals surface area (Å²) in [5.74, 6) is -0.361. The third kappa shape index (κ3) is 11.1. The van der Waals surface area contributed by atoms with E-state index in [0.29, 0.717) is 23.1 Å². The van der Waals surface area contributed by atoms with Gasteiger partial charge in [-0.15, -0.1) is 32.9 Å². The van der Waals surface area contributed by atoms with Crippen molar-refractivity contribution in [1.29, 1.82) is 0 Å². The minimum absolute atomic E-state index is 0.00127. The molecule has 0 bridgehead atoms. The summed E-state index contributed by atoms with van der Waals surface area (Å²) in [4.78, 5) is 69.0. The molecule has 4 atom stereocenters. The third-order valence-electron chi connectivity index (χ3n) is 12.6. The molecule has 5 heterocycles. The fourth-order valence-corrected chi connectivity index (χ4v) is 10.7. The van der Waals surface area contributed by atoms with Gasteiger partial charge in [0.05, 0.1) is 40.9 Å². The molecule has 1 fully saturated rings. The molecule has 4 N–H and O–H groups in total. The van der Waals surface area contributed by atoms with Gasteiger partial charge in [0, 0.05) is 46.1 Å². The van der Waals surface area contributed by atoms with E-state index in [2.05, 4.69) is 45.0 Å². The Morgan fingerprint density at radius 1 is 0.941 bits per heavy atom. The number of β-amino-alcohol motifs (C(OH)–C–C–N with tert-alkyl or cyclic N) is 1. The minimum Gasteiger partial charge on any atom is -0.391 e. The molecule has 0 saturated carbocycles. The van der Waals surface area contributed by atoms with E-state index < -0.39 is 52.6 Å². The van der Waals surface area contributed by atoms with Crippen LogP contribution in [0.25, 0.3) is 15.4 Å². The predicted octanol–water partition coefficient (Wildman–Crippen LogP) is 7.51. The molecule has 1 saturated heterocycles. The topological polar surface area (TPSA) is 193 Å². The number of hydrogen-bond acceptors (Lipinski definition) is 12. The van der Waals surface area contributed by atoms with Crippen LogP contribution < -0.4 is 16.0 Å². The van der Waals surface area contributed by atoms with Crippen molar-refractivity contribution in [3.05, 3.63) is 104 Å². The summed E-state index contributed by atoms with van der Waals surface area (Å²) in [7, 11) is 0. The van der Waals surface area contributed by atoms with Gasteiger partial charge in [-0.05, 0) is 96.0 Å². The maximum atomic E-state index is 14.3. The zero-order chi connectivity index (χ0) is 49.5. The number of nitrogens with zero attached hydrogens (tertiary/aromatic N) is 6. The van der Waals surface area contributed by atoms with Crippen LogP contribution in [0.5, 0.6) is 0 Å². The zero-order valence-corrected chi connectivity index (χ0v) is 43.0. The van der Waals surface area contributed by atoms with Crippen molar-refractivity contribution < 1.29 is 29.0 Å². The van der Waals surface area contributed by atoms with E-state index in [4.69, 9.17) is 21.3 Å². The Morgan fingerprint density at radius 2 is 1.62 bits per heavy atom. The average Bonchev–Trinajstić information content (AvgIpc) is 4.03. The number of nitrogens with one attached hydrogen (secondary N) is 3. The predicted molar refractivity (Wildman–Crippen MR) is 266 cm³/mol. The number of carbonyl (C=O) groups excluding carboxylic acids is 4. The van der Waals surface area contributed by atoms with Crippen molar-refractivity contribution in [1.82, 2.24) is 40.6 Å². The molecule has 18 heteroatoms. The number of fused-ring (bicyclic) bond motifs is 3. The quantitative estimate of drug-likeness (QED) is 0.0822. The van der Waals surface area contributed by atoms with Crippen molar-refractivity contribution >= 4 is 63.6 Å². The molecule has 362 valence electrons. The molecule has 5 aromatic rings. The molecule has 0 radical (unpaired) electrons. The van der Waals surface area contributed by atoms with E-state index in [-0.39, 0.29) is 44.4 Å². The maximum absolute atomic E-state index is 14.3. The number of likely N-dealkylation sites (tertiary alicyclic amines) is 1. The van der Waals surface area contributed by atoms with Gasteiger partial charge in [-0.3, -0.25) is 28.7 Å². The molecular weight excluding hydrogens is 922 g/mol. The molecular formula is C50H62ClN9O6S2. The molecule has 15 nitrogen and oxygen atoms in total. The molecule has 3 aromatic heterocycles. The standard InChI is InChI=1S/C50H62ClN9O6S2/c1-27-29(3)68-46-39(27)40(32-16-18-34(51)19-17-32)54-36(43-58-57-30(4)60(43)46)23-38(62)56-49(8,9)20-21-66-50(10,11)47(65)55-42(48(5,6)7)45(64)59-25-35(61)22-37(59)44(63)52-24-31-12-14-33(15-13-31)41-28(2)53-26-67-41/h12-19,26,35-37,42,61H,20-25H2,1-11H3,(H,52,63)(H,55,65)(H,56,62)/t35-,36+,37+,42-/m1/s1. The summed E-state index contributed by atoms with van der Waals surface area (Å²) in [5.41, 5.74) is 5.48. The first-order valence-corrected chi connectivity index (χ1v) is 24.9. The molecule has 7 rings (SSSR count). The number of aliphatic hydroxyl groups is 1. The van der Waals surface area contributed by atoms with Crippen LogP contribution in [0.15, 0.2) is 59.0 Å². The monoisotopic (exact) mass is 983 g/mol. The van der Waals surface area contributed by atoms with Crippen LogP contribution in [0.2, 0.25) is 5.02 Å². The number of thiazole rings is 1. The number of aliphatic hydroxyl groups excluding tert-OH is 1. The summed E-state index contributed by atoms with van der Waals surface area (Å²) in [5, 5.41) is 30.2. The van der Waals surface area contributed by atoms with Crippen LogP contribution in [-0.2, 0) is 30.5 Å². The molecule has 2 aliphatic heterocycles. The maximum Gasteiger partial charge on any atom is 0.252 e. The number of ether oxygens (including phenoxy) is 1. The van der Waals surface area contributed by atoms with Gasteiger partial charge in [0.2, 0.25) is 17.7 Å². The SMILES string of the molecule is Cc1ncsc1-c1ccc(CNC(=O)[C@@H]2C[C@@H](O)CN2C(=O)[C@@H](NC(=O)C(C)(C)OCCC(C)(C)NC(=O)C[C@@H]2N=C(c3ccc(Cl)cc3)c3c(sc(C)c3C)-n3c(C)nnc32)C(C)(C)C)cc1. The van der Waals surface area contributed by atoms with Gasteiger partial charge in [-0.2, -0.15) is 0 Å². The Morgan fingerprint density at radius 3 is 2.26 bits per heavy atom. The Kier molecular flexibility index (Phi) is 14.8. The molecule has 0 unspecified atom stereocenters. The van der Waals surface area contributed by atoms with Crippen molar-refractivity contribution in [3.63, 3.8) is 0 Å². The van der Waals surface area contributed by atoms with Gasteiger partial charge in [-0.25, -0.2) is 4.98 Å².